The number of rotatable bonds is 7. The highest BCUT2D eigenvalue weighted by molar-refractivity contribution is 7.92. The van der Waals surface area contributed by atoms with Gasteiger partial charge in [0.05, 0.1) is 30.0 Å². The summed E-state index contributed by atoms with van der Waals surface area (Å²) in [4.78, 5) is 0.127. The van der Waals surface area contributed by atoms with Crippen LogP contribution in [0.3, 0.4) is 0 Å². The summed E-state index contributed by atoms with van der Waals surface area (Å²) in [5.74, 6) is 0.555. The number of hydrogen-bond acceptors (Lipinski definition) is 6. The normalized spacial score (nSPS) is 16.4. The number of para-hydroxylation sites is 1. The van der Waals surface area contributed by atoms with Crippen LogP contribution in [-0.2, 0) is 20.0 Å². The summed E-state index contributed by atoms with van der Waals surface area (Å²) in [6.45, 7) is 0. The van der Waals surface area contributed by atoms with Crippen LogP contribution in [0.5, 0.6) is 5.75 Å². The third kappa shape index (κ3) is 4.86. The fourth-order valence-electron chi connectivity index (χ4n) is 3.73. The minimum absolute atomic E-state index is 0.127. The van der Waals surface area contributed by atoms with Crippen LogP contribution in [0.2, 0.25) is 0 Å². The van der Waals surface area contributed by atoms with Gasteiger partial charge in [0, 0.05) is 17.7 Å². The van der Waals surface area contributed by atoms with Crippen LogP contribution in [0, 0.1) is 0 Å². The van der Waals surface area contributed by atoms with Gasteiger partial charge in [0.25, 0.3) is 10.0 Å². The van der Waals surface area contributed by atoms with Crippen molar-refractivity contribution in [2.24, 2.45) is 5.10 Å². The summed E-state index contributed by atoms with van der Waals surface area (Å²) in [5.41, 5.74) is 2.19. The standard InChI is InChI=1S/C23H23N3O5S2/c1-31-23-14-7-6-13-20(23)22-16-21(17-9-8-10-18(15-17)25-32(2,27)28)24-26(22)33(29,30)19-11-4-3-5-12-19/h3-15,22,25H,16H2,1-2H3/t22-/m0/s1. The van der Waals surface area contributed by atoms with E-state index in [1.54, 1.807) is 48.5 Å². The molecule has 1 heterocycles. The van der Waals surface area contributed by atoms with Gasteiger partial charge < -0.3 is 4.74 Å². The first-order valence-electron chi connectivity index (χ1n) is 10.1. The van der Waals surface area contributed by atoms with Gasteiger partial charge in [-0.2, -0.15) is 17.9 Å². The summed E-state index contributed by atoms with van der Waals surface area (Å²) in [7, 11) is -5.89. The lowest BCUT2D eigenvalue weighted by Gasteiger charge is -2.24. The molecule has 1 atom stereocenters. The Balaban J connectivity index is 1.81. The molecule has 3 aromatic rings. The topological polar surface area (TPSA) is 105 Å². The lowest BCUT2D eigenvalue weighted by molar-refractivity contribution is 0.350. The van der Waals surface area contributed by atoms with Gasteiger partial charge in [-0.25, -0.2) is 8.42 Å². The molecule has 0 radical (unpaired) electrons. The Hall–Kier alpha value is -3.37. The van der Waals surface area contributed by atoms with E-state index in [1.807, 2.05) is 18.2 Å². The van der Waals surface area contributed by atoms with E-state index in [0.29, 0.717) is 28.3 Å². The molecule has 1 aliphatic rings. The smallest absolute Gasteiger partial charge is 0.279 e. The van der Waals surface area contributed by atoms with E-state index in [9.17, 15) is 16.8 Å². The van der Waals surface area contributed by atoms with Gasteiger partial charge in [0.15, 0.2) is 0 Å². The Morgan fingerprint density at radius 3 is 2.33 bits per heavy atom. The number of ether oxygens (including phenoxy) is 1. The predicted octanol–water partition coefficient (Wildman–Crippen LogP) is 3.61. The van der Waals surface area contributed by atoms with Gasteiger partial charge in [0.1, 0.15) is 5.75 Å². The highest BCUT2D eigenvalue weighted by Gasteiger charge is 2.39. The molecule has 3 aromatic carbocycles. The number of nitrogens with one attached hydrogen (secondary N) is 1. The van der Waals surface area contributed by atoms with Crippen molar-refractivity contribution in [3.8, 4) is 5.75 Å². The quantitative estimate of drug-likeness (QED) is 0.550. The van der Waals surface area contributed by atoms with Gasteiger partial charge in [-0.3, -0.25) is 4.72 Å². The van der Waals surface area contributed by atoms with Crippen LogP contribution in [0.4, 0.5) is 5.69 Å². The van der Waals surface area contributed by atoms with E-state index < -0.39 is 26.1 Å². The Labute approximate surface area is 193 Å². The molecule has 4 rings (SSSR count). The van der Waals surface area contributed by atoms with E-state index in [2.05, 4.69) is 9.82 Å². The molecule has 33 heavy (non-hydrogen) atoms. The first-order valence-corrected chi connectivity index (χ1v) is 13.4. The van der Waals surface area contributed by atoms with Crippen LogP contribution in [-0.4, -0.2) is 40.3 Å². The fourth-order valence-corrected chi connectivity index (χ4v) is 5.74. The molecule has 0 spiro atoms. The molecule has 0 fully saturated rings. The summed E-state index contributed by atoms with van der Waals surface area (Å²) in [6.07, 6.45) is 1.35. The lowest BCUT2D eigenvalue weighted by atomic mass is 9.98. The molecule has 1 aliphatic heterocycles. The summed E-state index contributed by atoms with van der Waals surface area (Å²) < 4.78 is 59.4. The van der Waals surface area contributed by atoms with E-state index in [1.165, 1.54) is 19.2 Å². The SMILES string of the molecule is COc1ccccc1[C@@H]1CC(c2cccc(NS(C)(=O)=O)c2)=NN1S(=O)(=O)c1ccccc1. The molecular weight excluding hydrogens is 462 g/mol. The minimum atomic E-state index is -3.96. The largest absolute Gasteiger partial charge is 0.496 e. The van der Waals surface area contributed by atoms with Crippen molar-refractivity contribution in [1.29, 1.82) is 0 Å². The zero-order valence-corrected chi connectivity index (χ0v) is 19.7. The van der Waals surface area contributed by atoms with Crippen LogP contribution >= 0.6 is 0 Å². The molecule has 0 saturated heterocycles. The van der Waals surface area contributed by atoms with Crippen molar-refractivity contribution < 1.29 is 21.6 Å². The highest BCUT2D eigenvalue weighted by atomic mass is 32.2. The maximum atomic E-state index is 13.5. The first-order chi connectivity index (χ1) is 15.7. The number of anilines is 1. The Morgan fingerprint density at radius 1 is 0.939 bits per heavy atom. The van der Waals surface area contributed by atoms with E-state index in [0.717, 1.165) is 10.7 Å². The Morgan fingerprint density at radius 2 is 1.64 bits per heavy atom. The predicted molar refractivity (Wildman–Crippen MR) is 127 cm³/mol. The summed E-state index contributed by atoms with van der Waals surface area (Å²) in [6, 6.07) is 21.4. The van der Waals surface area contributed by atoms with Crippen molar-refractivity contribution in [1.82, 2.24) is 4.41 Å². The summed E-state index contributed by atoms with van der Waals surface area (Å²) >= 11 is 0. The van der Waals surface area contributed by atoms with Crippen molar-refractivity contribution >= 4 is 31.4 Å². The van der Waals surface area contributed by atoms with Gasteiger partial charge in [-0.1, -0.05) is 48.5 Å². The second-order valence-electron chi connectivity index (χ2n) is 7.55. The van der Waals surface area contributed by atoms with Crippen molar-refractivity contribution in [2.75, 3.05) is 18.1 Å². The third-order valence-electron chi connectivity index (χ3n) is 5.16. The van der Waals surface area contributed by atoms with Crippen molar-refractivity contribution in [2.45, 2.75) is 17.4 Å². The molecule has 0 amide bonds. The second kappa shape index (κ2) is 8.87. The molecular formula is C23H23N3O5S2. The van der Waals surface area contributed by atoms with Gasteiger partial charge >= 0.3 is 0 Å². The van der Waals surface area contributed by atoms with Crippen LogP contribution in [0.25, 0.3) is 0 Å². The number of methoxy groups -OCH3 is 1. The van der Waals surface area contributed by atoms with Crippen LogP contribution in [0.1, 0.15) is 23.6 Å². The number of benzene rings is 3. The average molecular weight is 486 g/mol. The van der Waals surface area contributed by atoms with Crippen LogP contribution in [0.15, 0.2) is 88.9 Å². The number of nitrogens with zero attached hydrogens (tertiary/aromatic N) is 2. The lowest BCUT2D eigenvalue weighted by Crippen LogP contribution is -2.27. The molecule has 10 heteroatoms. The first kappa shape index (κ1) is 22.8. The number of sulfonamides is 2. The zero-order valence-electron chi connectivity index (χ0n) is 18.0. The van der Waals surface area contributed by atoms with E-state index >= 15 is 0 Å². The number of hydrogen-bond donors (Lipinski definition) is 1. The second-order valence-corrected chi connectivity index (χ2v) is 11.1. The fraction of sp³-hybridized carbons (Fsp3) is 0.174. The molecule has 0 saturated carbocycles. The molecule has 0 aromatic heterocycles. The Bertz CT molecular complexity index is 1400. The molecule has 0 unspecified atom stereocenters. The molecule has 1 N–H and O–H groups in total. The number of hydrazone groups is 1. The Kier molecular flexibility index (Phi) is 6.13. The third-order valence-corrected chi connectivity index (χ3v) is 7.46. The maximum absolute atomic E-state index is 13.5. The van der Waals surface area contributed by atoms with Crippen LogP contribution < -0.4 is 9.46 Å². The van der Waals surface area contributed by atoms with Gasteiger partial charge in [0.2, 0.25) is 10.0 Å². The average Bonchev–Trinajstić information content (AvgIpc) is 3.25. The zero-order chi connectivity index (χ0) is 23.6. The highest BCUT2D eigenvalue weighted by Crippen LogP contribution is 2.40. The molecule has 172 valence electrons. The van der Waals surface area contributed by atoms with E-state index in [-0.39, 0.29) is 11.3 Å². The van der Waals surface area contributed by atoms with Gasteiger partial charge in [-0.15, -0.1) is 0 Å². The molecule has 0 aliphatic carbocycles. The maximum Gasteiger partial charge on any atom is 0.279 e. The monoisotopic (exact) mass is 485 g/mol. The van der Waals surface area contributed by atoms with Gasteiger partial charge in [-0.05, 0) is 35.9 Å². The molecule has 0 bridgehead atoms. The van der Waals surface area contributed by atoms with E-state index in [4.69, 9.17) is 4.74 Å². The van der Waals surface area contributed by atoms with Crippen molar-refractivity contribution in [3.63, 3.8) is 0 Å². The molecule has 8 nitrogen and oxygen atoms in total. The minimum Gasteiger partial charge on any atom is -0.496 e. The van der Waals surface area contributed by atoms with Crippen molar-refractivity contribution in [3.05, 3.63) is 90.0 Å². The summed E-state index contributed by atoms with van der Waals surface area (Å²) in [5, 5.41) is 4.51.